The zero-order valence-corrected chi connectivity index (χ0v) is 17.3. The third-order valence-corrected chi connectivity index (χ3v) is 6.79. The van der Waals surface area contributed by atoms with Crippen LogP contribution < -0.4 is 5.32 Å². The monoisotopic (exact) mass is 419 g/mol. The van der Waals surface area contributed by atoms with Crippen LogP contribution in [0.15, 0.2) is 90.3 Å². The lowest BCUT2D eigenvalue weighted by Crippen LogP contribution is -2.29. The maximum atomic E-state index is 13.1. The summed E-state index contributed by atoms with van der Waals surface area (Å²) in [6.07, 6.45) is -0.606. The van der Waals surface area contributed by atoms with E-state index in [1.807, 2.05) is 90.3 Å². The number of benzene rings is 2. The van der Waals surface area contributed by atoms with E-state index in [1.54, 1.807) is 0 Å². The quantitative estimate of drug-likeness (QED) is 0.425. The summed E-state index contributed by atoms with van der Waals surface area (Å²) in [6.45, 7) is 0.441. The molecule has 0 spiro atoms. The van der Waals surface area contributed by atoms with Gasteiger partial charge in [-0.2, -0.15) is 0 Å². The Balaban J connectivity index is 1.48. The Morgan fingerprint density at radius 2 is 1.48 bits per heavy atom. The van der Waals surface area contributed by atoms with Crippen LogP contribution in [0, 0.1) is 0 Å². The molecular weight excluding hydrogens is 398 g/mol. The number of carbonyl (C=O) groups is 1. The third-order valence-electron chi connectivity index (χ3n) is 4.73. The zero-order valence-electron chi connectivity index (χ0n) is 15.7. The molecule has 146 valence electrons. The minimum atomic E-state index is -0.606. The van der Waals surface area contributed by atoms with Gasteiger partial charge in [-0.3, -0.25) is 4.79 Å². The van der Waals surface area contributed by atoms with E-state index in [0.717, 1.165) is 25.8 Å². The number of amides is 1. The number of aliphatic hydroxyl groups excluding tert-OH is 1. The minimum Gasteiger partial charge on any atom is -0.382 e. The molecule has 0 bridgehead atoms. The van der Waals surface area contributed by atoms with Gasteiger partial charge in [0.2, 0.25) is 5.91 Å². The Morgan fingerprint density at radius 1 is 0.828 bits per heavy atom. The smallest absolute Gasteiger partial charge is 0.232 e. The molecule has 2 N–H and O–H groups in total. The molecule has 2 aromatic heterocycles. The summed E-state index contributed by atoms with van der Waals surface area (Å²) in [7, 11) is 0. The molecule has 0 saturated heterocycles. The molecule has 0 aliphatic rings. The fourth-order valence-corrected chi connectivity index (χ4v) is 5.05. The molecule has 3 nitrogen and oxygen atoms in total. The van der Waals surface area contributed by atoms with E-state index >= 15 is 0 Å². The molecule has 0 saturated carbocycles. The zero-order chi connectivity index (χ0) is 20.1. The van der Waals surface area contributed by atoms with Gasteiger partial charge in [-0.05, 0) is 34.7 Å². The SMILES string of the molecule is O=C(NCc1ccc(C(O)c2cccs2)s1)C(c1ccccc1)c1ccccc1. The molecule has 5 heteroatoms. The highest BCUT2D eigenvalue weighted by atomic mass is 32.1. The molecule has 2 aromatic carbocycles. The lowest BCUT2D eigenvalue weighted by Gasteiger charge is -2.17. The highest BCUT2D eigenvalue weighted by Crippen LogP contribution is 2.31. The van der Waals surface area contributed by atoms with Crippen LogP contribution in [0.25, 0.3) is 0 Å². The highest BCUT2D eigenvalue weighted by Gasteiger charge is 2.22. The lowest BCUT2D eigenvalue weighted by atomic mass is 9.90. The molecule has 0 radical (unpaired) electrons. The number of carbonyl (C=O) groups excluding carboxylic acids is 1. The first-order valence-electron chi connectivity index (χ1n) is 9.40. The summed E-state index contributed by atoms with van der Waals surface area (Å²) < 4.78 is 0. The number of hydrogen-bond acceptors (Lipinski definition) is 4. The largest absolute Gasteiger partial charge is 0.382 e. The predicted molar refractivity (Wildman–Crippen MR) is 119 cm³/mol. The number of nitrogens with one attached hydrogen (secondary N) is 1. The van der Waals surface area contributed by atoms with Gasteiger partial charge in [0.25, 0.3) is 0 Å². The van der Waals surface area contributed by atoms with E-state index in [0.29, 0.717) is 6.54 Å². The van der Waals surface area contributed by atoms with Crippen molar-refractivity contribution in [3.63, 3.8) is 0 Å². The van der Waals surface area contributed by atoms with Crippen molar-refractivity contribution in [3.8, 4) is 0 Å². The number of hydrogen-bond donors (Lipinski definition) is 2. The van der Waals surface area contributed by atoms with Crippen molar-refractivity contribution in [2.75, 3.05) is 0 Å². The van der Waals surface area contributed by atoms with Crippen molar-refractivity contribution in [3.05, 3.63) is 116 Å². The van der Waals surface area contributed by atoms with Crippen LogP contribution >= 0.6 is 22.7 Å². The summed E-state index contributed by atoms with van der Waals surface area (Å²) in [5, 5.41) is 15.5. The summed E-state index contributed by atoms with van der Waals surface area (Å²) in [5.41, 5.74) is 1.94. The van der Waals surface area contributed by atoms with Crippen molar-refractivity contribution in [2.24, 2.45) is 0 Å². The molecule has 29 heavy (non-hydrogen) atoms. The molecule has 0 fully saturated rings. The van der Waals surface area contributed by atoms with Crippen LogP contribution in [0.4, 0.5) is 0 Å². The fraction of sp³-hybridized carbons (Fsp3) is 0.125. The van der Waals surface area contributed by atoms with Crippen LogP contribution in [-0.2, 0) is 11.3 Å². The Kier molecular flexibility index (Phi) is 6.20. The molecule has 1 atom stereocenters. The first-order valence-corrected chi connectivity index (χ1v) is 11.1. The van der Waals surface area contributed by atoms with Crippen LogP contribution in [0.2, 0.25) is 0 Å². The molecule has 2 heterocycles. The molecule has 0 aliphatic heterocycles. The van der Waals surface area contributed by atoms with Gasteiger partial charge in [0.05, 0.1) is 12.5 Å². The minimum absolute atomic E-state index is 0.0313. The molecular formula is C24H21NO2S2. The number of aliphatic hydroxyl groups is 1. The lowest BCUT2D eigenvalue weighted by molar-refractivity contribution is -0.121. The van der Waals surface area contributed by atoms with Gasteiger partial charge in [-0.1, -0.05) is 66.7 Å². The molecule has 4 rings (SSSR count). The second-order valence-corrected chi connectivity index (χ2v) is 8.87. The maximum Gasteiger partial charge on any atom is 0.232 e. The number of thiophene rings is 2. The average Bonchev–Trinajstić information content (AvgIpc) is 3.46. The van der Waals surface area contributed by atoms with Crippen LogP contribution in [0.3, 0.4) is 0 Å². The first kappa shape index (κ1) is 19.6. The van der Waals surface area contributed by atoms with Gasteiger partial charge >= 0.3 is 0 Å². The van der Waals surface area contributed by atoms with Gasteiger partial charge in [0.1, 0.15) is 6.10 Å². The normalized spacial score (nSPS) is 12.1. The second kappa shape index (κ2) is 9.18. The Labute approximate surface area is 178 Å². The second-order valence-electron chi connectivity index (χ2n) is 6.69. The standard InChI is InChI=1S/C24H21NO2S2/c26-23(20-12-7-15-28-20)21-14-13-19(29-21)16-25-24(27)22(17-8-3-1-4-9-17)18-10-5-2-6-11-18/h1-15,22-23,26H,16H2,(H,25,27). The summed E-state index contributed by atoms with van der Waals surface area (Å²) in [4.78, 5) is 15.9. The average molecular weight is 420 g/mol. The van der Waals surface area contributed by atoms with Gasteiger partial charge in [0, 0.05) is 14.6 Å². The van der Waals surface area contributed by atoms with Crippen molar-refractivity contribution < 1.29 is 9.90 Å². The number of rotatable bonds is 7. The van der Waals surface area contributed by atoms with Crippen LogP contribution in [0.5, 0.6) is 0 Å². The molecule has 1 amide bonds. The van der Waals surface area contributed by atoms with Crippen LogP contribution in [-0.4, -0.2) is 11.0 Å². The van der Waals surface area contributed by atoms with Crippen molar-refractivity contribution >= 4 is 28.6 Å². The summed E-state index contributed by atoms with van der Waals surface area (Å²) >= 11 is 3.07. The van der Waals surface area contributed by atoms with Gasteiger partial charge in [0.15, 0.2) is 0 Å². The van der Waals surface area contributed by atoms with E-state index < -0.39 is 6.10 Å². The van der Waals surface area contributed by atoms with Gasteiger partial charge < -0.3 is 10.4 Å². The van der Waals surface area contributed by atoms with E-state index in [1.165, 1.54) is 22.7 Å². The van der Waals surface area contributed by atoms with Gasteiger partial charge in [-0.25, -0.2) is 0 Å². The van der Waals surface area contributed by atoms with E-state index in [2.05, 4.69) is 5.32 Å². The highest BCUT2D eigenvalue weighted by molar-refractivity contribution is 7.12. The molecule has 4 aromatic rings. The van der Waals surface area contributed by atoms with Crippen molar-refractivity contribution in [1.29, 1.82) is 0 Å². The first-order chi connectivity index (χ1) is 14.2. The van der Waals surface area contributed by atoms with E-state index in [-0.39, 0.29) is 11.8 Å². The van der Waals surface area contributed by atoms with Crippen LogP contribution in [0.1, 0.15) is 37.8 Å². The predicted octanol–water partition coefficient (Wildman–Crippen LogP) is 5.34. The van der Waals surface area contributed by atoms with E-state index in [9.17, 15) is 9.90 Å². The van der Waals surface area contributed by atoms with Gasteiger partial charge in [-0.15, -0.1) is 22.7 Å². The molecule has 0 aliphatic carbocycles. The Hall–Kier alpha value is -2.73. The summed E-state index contributed by atoms with van der Waals surface area (Å²) in [5.74, 6) is -0.385. The summed E-state index contributed by atoms with van der Waals surface area (Å²) in [6, 6.07) is 27.4. The fourth-order valence-electron chi connectivity index (χ4n) is 3.29. The topological polar surface area (TPSA) is 49.3 Å². The maximum absolute atomic E-state index is 13.1. The Bertz CT molecular complexity index is 1000. The Morgan fingerprint density at radius 3 is 2.07 bits per heavy atom. The van der Waals surface area contributed by atoms with Crippen molar-refractivity contribution in [1.82, 2.24) is 5.32 Å². The van der Waals surface area contributed by atoms with E-state index in [4.69, 9.17) is 0 Å². The third kappa shape index (κ3) is 4.65. The van der Waals surface area contributed by atoms with Crippen molar-refractivity contribution in [2.45, 2.75) is 18.6 Å². The molecule has 1 unspecified atom stereocenters.